The molecule has 1 aromatic carbocycles. The van der Waals surface area contributed by atoms with Gasteiger partial charge in [-0.2, -0.15) is 0 Å². The van der Waals surface area contributed by atoms with Crippen molar-refractivity contribution in [2.24, 2.45) is 5.92 Å². The molecule has 1 heterocycles. The summed E-state index contributed by atoms with van der Waals surface area (Å²) in [5.41, 5.74) is 1.93. The molecule has 1 atom stereocenters. The van der Waals surface area contributed by atoms with Crippen LogP contribution < -0.4 is 15.4 Å². The fraction of sp³-hybridized carbons (Fsp3) is 0.381. The van der Waals surface area contributed by atoms with E-state index < -0.39 is 25.1 Å². The largest absolute Gasteiger partial charge is 0.495 e. The first-order valence-corrected chi connectivity index (χ1v) is 10.4. The molecule has 2 aromatic rings. The van der Waals surface area contributed by atoms with Gasteiger partial charge in [0.25, 0.3) is 11.8 Å². The number of carboxylic acids is 1. The molecule has 0 aliphatic heterocycles. The Bertz CT molecular complexity index is 955. The molecule has 0 radical (unpaired) electrons. The number of para-hydroxylation sites is 2. The van der Waals surface area contributed by atoms with Crippen LogP contribution in [0.5, 0.6) is 5.75 Å². The fourth-order valence-electron chi connectivity index (χ4n) is 3.41. The smallest absolute Gasteiger partial charge is 0.329 e. The number of thiophene rings is 1. The van der Waals surface area contributed by atoms with Gasteiger partial charge in [-0.1, -0.05) is 19.1 Å². The van der Waals surface area contributed by atoms with E-state index in [0.29, 0.717) is 27.9 Å². The highest BCUT2D eigenvalue weighted by Crippen LogP contribution is 2.40. The molecule has 0 saturated heterocycles. The lowest BCUT2D eigenvalue weighted by atomic mass is 9.88. The number of carbonyl (C=O) groups is 3. The van der Waals surface area contributed by atoms with Crippen molar-refractivity contribution in [1.29, 1.82) is 0 Å². The van der Waals surface area contributed by atoms with Crippen LogP contribution in [0.1, 0.15) is 34.1 Å². The monoisotopic (exact) mass is 432 g/mol. The second kappa shape index (κ2) is 9.73. The number of amides is 2. The average molecular weight is 432 g/mol. The molecule has 1 aliphatic carbocycles. The number of anilines is 2. The van der Waals surface area contributed by atoms with Gasteiger partial charge in [-0.15, -0.1) is 11.3 Å². The Morgan fingerprint density at radius 1 is 1.20 bits per heavy atom. The molecule has 0 spiro atoms. The van der Waals surface area contributed by atoms with E-state index in [-0.39, 0.29) is 5.91 Å². The van der Waals surface area contributed by atoms with Crippen LogP contribution in [0.25, 0.3) is 0 Å². The predicted molar refractivity (Wildman–Crippen MR) is 114 cm³/mol. The highest BCUT2D eigenvalue weighted by Gasteiger charge is 2.28. The Morgan fingerprint density at radius 3 is 2.70 bits per heavy atom. The van der Waals surface area contributed by atoms with Gasteiger partial charge in [-0.3, -0.25) is 9.59 Å². The number of carboxylic acid groups (broad SMARTS) is 1. The van der Waals surface area contributed by atoms with E-state index in [1.807, 2.05) is 6.07 Å². The molecule has 30 heavy (non-hydrogen) atoms. The maximum Gasteiger partial charge on any atom is 0.329 e. The number of benzene rings is 1. The van der Waals surface area contributed by atoms with Gasteiger partial charge in [0.1, 0.15) is 24.0 Å². The van der Waals surface area contributed by atoms with Crippen molar-refractivity contribution >= 4 is 39.8 Å². The van der Waals surface area contributed by atoms with E-state index in [1.165, 1.54) is 18.4 Å². The van der Waals surface area contributed by atoms with E-state index in [0.717, 1.165) is 29.7 Å². The third kappa shape index (κ3) is 5.17. The molecule has 8 nitrogen and oxygen atoms in total. The van der Waals surface area contributed by atoms with Gasteiger partial charge in [0.05, 0.1) is 18.4 Å². The van der Waals surface area contributed by atoms with Gasteiger partial charge in [0, 0.05) is 4.88 Å². The summed E-state index contributed by atoms with van der Waals surface area (Å²) in [6, 6.07) is 7.11. The zero-order valence-corrected chi connectivity index (χ0v) is 17.6. The number of hydrogen-bond acceptors (Lipinski definition) is 6. The van der Waals surface area contributed by atoms with Gasteiger partial charge in [0.15, 0.2) is 0 Å². The first kappa shape index (κ1) is 21.8. The lowest BCUT2D eigenvalue weighted by Crippen LogP contribution is -2.23. The standard InChI is InChI=1S/C21H24N2O6S/c1-12-7-8-13-16(9-12)30-21(23-17(24)10-29-11-18(25)26)19(13)20(27)22-14-5-3-4-6-15(14)28-2/h3-6,12H,7-11H2,1-2H3,(H,22,27)(H,23,24)(H,25,26)/t12-/m1/s1. The zero-order valence-electron chi connectivity index (χ0n) is 16.8. The van der Waals surface area contributed by atoms with Crippen molar-refractivity contribution in [3.63, 3.8) is 0 Å². The summed E-state index contributed by atoms with van der Waals surface area (Å²) in [5, 5.41) is 14.7. The molecule has 1 aromatic heterocycles. The summed E-state index contributed by atoms with van der Waals surface area (Å²) in [5.74, 6) is -0.942. The second-order valence-corrected chi connectivity index (χ2v) is 8.25. The van der Waals surface area contributed by atoms with Crippen LogP contribution in [-0.4, -0.2) is 43.2 Å². The number of aliphatic carboxylic acids is 1. The number of fused-ring (bicyclic) bond motifs is 1. The van der Waals surface area contributed by atoms with Crippen LogP contribution in [-0.2, 0) is 27.2 Å². The van der Waals surface area contributed by atoms with Gasteiger partial charge < -0.3 is 25.2 Å². The first-order chi connectivity index (χ1) is 14.4. The van der Waals surface area contributed by atoms with E-state index >= 15 is 0 Å². The molecule has 0 saturated carbocycles. The lowest BCUT2D eigenvalue weighted by molar-refractivity contribution is -0.143. The molecular formula is C21H24N2O6S. The van der Waals surface area contributed by atoms with Crippen LogP contribution >= 0.6 is 11.3 Å². The summed E-state index contributed by atoms with van der Waals surface area (Å²) < 4.78 is 10.2. The highest BCUT2D eigenvalue weighted by atomic mass is 32.1. The van der Waals surface area contributed by atoms with Gasteiger partial charge in [-0.25, -0.2) is 4.79 Å². The minimum atomic E-state index is -1.15. The maximum atomic E-state index is 13.2. The molecular weight excluding hydrogens is 408 g/mol. The normalized spacial score (nSPS) is 15.2. The molecule has 0 fully saturated rings. The van der Waals surface area contributed by atoms with Crippen LogP contribution in [0.4, 0.5) is 10.7 Å². The molecule has 2 amide bonds. The summed E-state index contributed by atoms with van der Waals surface area (Å²) in [6.07, 6.45) is 2.57. The molecule has 160 valence electrons. The van der Waals surface area contributed by atoms with Crippen molar-refractivity contribution in [2.75, 3.05) is 31.0 Å². The van der Waals surface area contributed by atoms with Gasteiger partial charge in [-0.05, 0) is 42.9 Å². The van der Waals surface area contributed by atoms with Crippen molar-refractivity contribution in [2.45, 2.75) is 26.2 Å². The second-order valence-electron chi connectivity index (χ2n) is 7.15. The SMILES string of the molecule is COc1ccccc1NC(=O)c1c(NC(=O)COCC(=O)O)sc2c1CC[C@@H](C)C2. The van der Waals surface area contributed by atoms with Crippen molar-refractivity contribution < 1.29 is 29.0 Å². The van der Waals surface area contributed by atoms with Crippen molar-refractivity contribution in [1.82, 2.24) is 0 Å². The molecule has 3 N–H and O–H groups in total. The molecule has 0 bridgehead atoms. The summed E-state index contributed by atoms with van der Waals surface area (Å²) in [6.45, 7) is 1.20. The van der Waals surface area contributed by atoms with Crippen LogP contribution in [0, 0.1) is 5.92 Å². The van der Waals surface area contributed by atoms with Gasteiger partial charge >= 0.3 is 5.97 Å². The number of methoxy groups -OCH3 is 1. The third-order valence-corrected chi connectivity index (χ3v) is 5.98. The maximum absolute atomic E-state index is 13.2. The predicted octanol–water partition coefficient (Wildman–Crippen LogP) is 3.17. The Balaban J connectivity index is 1.85. The number of nitrogens with one attached hydrogen (secondary N) is 2. The zero-order chi connectivity index (χ0) is 21.7. The molecule has 9 heteroatoms. The van der Waals surface area contributed by atoms with Crippen LogP contribution in [0.15, 0.2) is 24.3 Å². The third-order valence-electron chi connectivity index (χ3n) is 4.81. The summed E-state index contributed by atoms with van der Waals surface area (Å²) in [4.78, 5) is 37.1. The van der Waals surface area contributed by atoms with E-state index in [4.69, 9.17) is 14.6 Å². The number of hydrogen-bond donors (Lipinski definition) is 3. The molecule has 0 unspecified atom stereocenters. The van der Waals surface area contributed by atoms with E-state index in [9.17, 15) is 14.4 Å². The van der Waals surface area contributed by atoms with Crippen molar-refractivity contribution in [3.8, 4) is 5.75 Å². The number of rotatable bonds is 8. The Kier molecular flexibility index (Phi) is 7.07. The molecule has 3 rings (SSSR count). The van der Waals surface area contributed by atoms with E-state index in [1.54, 1.807) is 18.2 Å². The van der Waals surface area contributed by atoms with Crippen molar-refractivity contribution in [3.05, 3.63) is 40.3 Å². The molecule has 1 aliphatic rings. The lowest BCUT2D eigenvalue weighted by Gasteiger charge is -2.19. The first-order valence-electron chi connectivity index (χ1n) is 9.57. The number of ether oxygens (including phenoxy) is 2. The van der Waals surface area contributed by atoms with E-state index in [2.05, 4.69) is 17.6 Å². The topological polar surface area (TPSA) is 114 Å². The van der Waals surface area contributed by atoms with Gasteiger partial charge in [0.2, 0.25) is 0 Å². The Hall–Kier alpha value is -2.91. The number of carbonyl (C=O) groups excluding carboxylic acids is 2. The highest BCUT2D eigenvalue weighted by molar-refractivity contribution is 7.17. The minimum absolute atomic E-state index is 0.326. The van der Waals surface area contributed by atoms with Crippen LogP contribution in [0.2, 0.25) is 0 Å². The minimum Gasteiger partial charge on any atom is -0.495 e. The Morgan fingerprint density at radius 2 is 1.97 bits per heavy atom. The van der Waals surface area contributed by atoms with Crippen LogP contribution in [0.3, 0.4) is 0 Å². The summed E-state index contributed by atoms with van der Waals surface area (Å²) in [7, 11) is 1.53. The Labute approximate surface area is 178 Å². The quantitative estimate of drug-likeness (QED) is 0.590. The average Bonchev–Trinajstić information content (AvgIpc) is 3.04. The summed E-state index contributed by atoms with van der Waals surface area (Å²) >= 11 is 1.39. The fourth-order valence-corrected chi connectivity index (χ4v) is 4.83.